The van der Waals surface area contributed by atoms with Crippen molar-refractivity contribution in [1.82, 2.24) is 25.8 Å². The van der Waals surface area contributed by atoms with Gasteiger partial charge in [0.15, 0.2) is 0 Å². The zero-order valence-electron chi connectivity index (χ0n) is 32.3. The third-order valence-corrected chi connectivity index (χ3v) is 11.1. The van der Waals surface area contributed by atoms with Crippen LogP contribution in [0.2, 0.25) is 0 Å². The number of thioether (sulfide) groups is 1. The van der Waals surface area contributed by atoms with E-state index in [9.17, 15) is 28.0 Å². The summed E-state index contributed by atoms with van der Waals surface area (Å²) in [4.78, 5) is 57.8. The van der Waals surface area contributed by atoms with Crippen LogP contribution < -0.4 is 16.0 Å². The van der Waals surface area contributed by atoms with Gasteiger partial charge in [-0.25, -0.2) is 8.78 Å². The van der Waals surface area contributed by atoms with E-state index >= 15 is 0 Å². The van der Waals surface area contributed by atoms with Gasteiger partial charge in [0.05, 0.1) is 48.5 Å². The molecule has 51 heavy (non-hydrogen) atoms. The topological polar surface area (TPSA) is 129 Å². The highest BCUT2D eigenvalue weighted by Crippen LogP contribution is 2.31. The molecule has 11 nitrogen and oxygen atoms in total. The predicted molar refractivity (Wildman–Crippen MR) is 197 cm³/mol. The lowest BCUT2D eigenvalue weighted by atomic mass is 9.89. The third kappa shape index (κ3) is 11.6. The Bertz CT molecular complexity index is 1290. The number of halogens is 2. The summed E-state index contributed by atoms with van der Waals surface area (Å²) >= 11 is 1.55. The Labute approximate surface area is 307 Å². The first-order valence-electron chi connectivity index (χ1n) is 17.9. The second kappa shape index (κ2) is 21.0. The van der Waals surface area contributed by atoms with Crippen LogP contribution in [0, 0.1) is 35.3 Å². The van der Waals surface area contributed by atoms with Crippen molar-refractivity contribution in [2.45, 2.75) is 104 Å². The maximum atomic E-state index is 14.1. The normalized spacial score (nSPS) is 18.9. The van der Waals surface area contributed by atoms with Crippen LogP contribution in [0.1, 0.15) is 66.9 Å². The average Bonchev–Trinajstić information content (AvgIpc) is 3.57. The molecule has 1 aromatic rings. The number of rotatable bonds is 20. The molecule has 1 aliphatic heterocycles. The second-order valence-corrected chi connectivity index (χ2v) is 15.2. The van der Waals surface area contributed by atoms with E-state index in [1.165, 1.54) is 32.4 Å². The summed E-state index contributed by atoms with van der Waals surface area (Å²) in [6.07, 6.45) is -0.609. The van der Waals surface area contributed by atoms with Crippen LogP contribution in [0.25, 0.3) is 0 Å². The van der Waals surface area contributed by atoms with E-state index in [2.05, 4.69) is 16.0 Å². The van der Waals surface area contributed by atoms with Crippen molar-refractivity contribution in [3.63, 3.8) is 0 Å². The minimum atomic E-state index is -0.780. The fourth-order valence-electron chi connectivity index (χ4n) is 6.84. The molecule has 1 aromatic carbocycles. The Morgan fingerprint density at radius 3 is 2.10 bits per heavy atom. The molecule has 8 atom stereocenters. The number of hydrogen-bond donors (Lipinski definition) is 3. The van der Waals surface area contributed by atoms with Crippen LogP contribution in [-0.4, -0.2) is 116 Å². The first kappa shape index (κ1) is 44.4. The van der Waals surface area contributed by atoms with Gasteiger partial charge in [0.1, 0.15) is 17.7 Å². The van der Waals surface area contributed by atoms with Gasteiger partial charge in [-0.15, -0.1) is 11.8 Å². The predicted octanol–water partition coefficient (Wildman–Crippen LogP) is 3.84. The highest BCUT2D eigenvalue weighted by atomic mass is 32.2. The molecule has 0 aliphatic carbocycles. The van der Waals surface area contributed by atoms with E-state index in [1.807, 2.05) is 41.5 Å². The standard InChI is InChI=1S/C37H61F2N5O6S/c1-12-23(6)33(43(9)37(48)32(22(4)5)42-36(47)31(40-8)21(2)3)29(49-10)18-30(45)44-20-51-19-28(44)34(50-11)24(7)35(46)41-17-16-25-26(38)14-13-15-27(25)39/h13-15,21-24,28-29,31-34,40H,12,16-20H2,1-11H3,(H,41,46)(H,42,47)/t23-,24+,28+,29+,31-,32?,33-,34+/m0/s1. The van der Waals surface area contributed by atoms with Crippen molar-refractivity contribution >= 4 is 35.4 Å². The highest BCUT2D eigenvalue weighted by Gasteiger charge is 2.43. The van der Waals surface area contributed by atoms with Gasteiger partial charge in [0, 0.05) is 39.1 Å². The van der Waals surface area contributed by atoms with Crippen molar-refractivity contribution in [1.29, 1.82) is 0 Å². The smallest absolute Gasteiger partial charge is 0.245 e. The van der Waals surface area contributed by atoms with Gasteiger partial charge in [0.2, 0.25) is 23.6 Å². The van der Waals surface area contributed by atoms with E-state index < -0.39 is 53.9 Å². The molecule has 0 aromatic heterocycles. The van der Waals surface area contributed by atoms with E-state index in [4.69, 9.17) is 9.47 Å². The molecule has 0 spiro atoms. The summed E-state index contributed by atoms with van der Waals surface area (Å²) in [5, 5.41) is 8.75. The van der Waals surface area contributed by atoms with Crippen LogP contribution in [0.15, 0.2) is 18.2 Å². The number of likely N-dealkylation sites (N-methyl/N-ethyl adjacent to an activating group) is 2. The van der Waals surface area contributed by atoms with Crippen molar-refractivity contribution in [2.24, 2.45) is 23.7 Å². The van der Waals surface area contributed by atoms with Crippen LogP contribution >= 0.6 is 11.8 Å². The lowest BCUT2D eigenvalue weighted by molar-refractivity contribution is -0.147. The van der Waals surface area contributed by atoms with Crippen molar-refractivity contribution in [2.75, 3.05) is 46.5 Å². The maximum Gasteiger partial charge on any atom is 0.245 e. The number of methoxy groups -OCH3 is 2. The molecule has 1 saturated heterocycles. The SMILES string of the molecule is CC[C@H](C)[C@@H]([C@@H](CC(=O)N1CSC[C@@H]1[C@H](OC)[C@@H](C)C(=O)NCCc1c(F)cccc1F)OC)N(C)C(=O)C(NC(=O)[C@@H](NC)C(C)C)C(C)C. The van der Waals surface area contributed by atoms with Crippen LogP contribution in [0.5, 0.6) is 0 Å². The van der Waals surface area contributed by atoms with E-state index in [0.29, 0.717) is 18.1 Å². The summed E-state index contributed by atoms with van der Waals surface area (Å²) in [6.45, 7) is 13.4. The molecule has 1 unspecified atom stereocenters. The Morgan fingerprint density at radius 1 is 0.980 bits per heavy atom. The molecule has 1 fully saturated rings. The first-order valence-corrected chi connectivity index (χ1v) is 19.1. The molecule has 0 bridgehead atoms. The lowest BCUT2D eigenvalue weighted by Crippen LogP contribution is -2.59. The van der Waals surface area contributed by atoms with Gasteiger partial charge in [-0.3, -0.25) is 19.2 Å². The zero-order valence-corrected chi connectivity index (χ0v) is 33.1. The molecular formula is C37H61F2N5O6S. The van der Waals surface area contributed by atoms with Gasteiger partial charge in [-0.1, -0.05) is 61.0 Å². The molecule has 4 amide bonds. The van der Waals surface area contributed by atoms with Crippen LogP contribution in [-0.2, 0) is 35.1 Å². The summed E-state index contributed by atoms with van der Waals surface area (Å²) in [5.41, 5.74) is -0.0912. The summed E-state index contributed by atoms with van der Waals surface area (Å²) in [5.74, 6) is -2.33. The van der Waals surface area contributed by atoms with Crippen molar-refractivity contribution < 1.29 is 37.4 Å². The molecular weight excluding hydrogens is 680 g/mol. The molecule has 3 N–H and O–H groups in total. The molecule has 1 heterocycles. The summed E-state index contributed by atoms with van der Waals surface area (Å²) in [7, 11) is 6.44. The Morgan fingerprint density at radius 2 is 1.59 bits per heavy atom. The Hall–Kier alpha value is -2.81. The van der Waals surface area contributed by atoms with Crippen LogP contribution in [0.3, 0.4) is 0 Å². The minimum absolute atomic E-state index is 0.0100. The van der Waals surface area contributed by atoms with Gasteiger partial charge < -0.3 is 35.2 Å². The number of hydrogen-bond acceptors (Lipinski definition) is 8. The molecule has 0 saturated carbocycles. The van der Waals surface area contributed by atoms with E-state index in [1.54, 1.807) is 42.6 Å². The Balaban J connectivity index is 2.21. The first-order chi connectivity index (χ1) is 24.0. The van der Waals surface area contributed by atoms with Gasteiger partial charge >= 0.3 is 0 Å². The number of carbonyl (C=O) groups is 4. The van der Waals surface area contributed by atoms with Gasteiger partial charge in [-0.2, -0.15) is 0 Å². The largest absolute Gasteiger partial charge is 0.379 e. The maximum absolute atomic E-state index is 14.1. The molecule has 2 rings (SSSR count). The van der Waals surface area contributed by atoms with Gasteiger partial charge in [-0.05, 0) is 43.4 Å². The fraction of sp³-hybridized carbons (Fsp3) is 0.730. The van der Waals surface area contributed by atoms with Crippen molar-refractivity contribution in [3.05, 3.63) is 35.4 Å². The van der Waals surface area contributed by atoms with E-state index in [0.717, 1.165) is 0 Å². The molecule has 290 valence electrons. The summed E-state index contributed by atoms with van der Waals surface area (Å²) in [6, 6.07) is 1.51. The number of carbonyl (C=O) groups excluding carboxylic acids is 4. The van der Waals surface area contributed by atoms with Crippen LogP contribution in [0.4, 0.5) is 8.78 Å². The number of nitrogens with one attached hydrogen (secondary N) is 3. The number of nitrogens with zero attached hydrogens (tertiary/aromatic N) is 2. The molecule has 1 aliphatic rings. The Kier molecular flexibility index (Phi) is 18.3. The third-order valence-electron chi connectivity index (χ3n) is 10.1. The quantitative estimate of drug-likeness (QED) is 0.184. The van der Waals surface area contributed by atoms with Crippen molar-refractivity contribution in [3.8, 4) is 0 Å². The number of amides is 4. The zero-order chi connectivity index (χ0) is 38.6. The molecule has 0 radical (unpaired) electrons. The minimum Gasteiger partial charge on any atom is -0.379 e. The fourth-order valence-corrected chi connectivity index (χ4v) is 8.08. The number of benzene rings is 1. The monoisotopic (exact) mass is 741 g/mol. The second-order valence-electron chi connectivity index (χ2n) is 14.2. The highest BCUT2D eigenvalue weighted by molar-refractivity contribution is 7.99. The van der Waals surface area contributed by atoms with Gasteiger partial charge in [0.25, 0.3) is 0 Å². The summed E-state index contributed by atoms with van der Waals surface area (Å²) < 4.78 is 39.9. The average molecular weight is 742 g/mol. The van der Waals surface area contributed by atoms with E-state index in [-0.39, 0.29) is 66.3 Å². The molecule has 14 heteroatoms. The number of ether oxygens (including phenoxy) is 2. The lowest BCUT2D eigenvalue weighted by Gasteiger charge is -2.41.